The minimum atomic E-state index is -1.59. The molecule has 0 amide bonds. The highest BCUT2D eigenvalue weighted by Crippen LogP contribution is 2.32. The van der Waals surface area contributed by atoms with E-state index in [1.807, 2.05) is 13.8 Å². The van der Waals surface area contributed by atoms with Crippen molar-refractivity contribution in [3.05, 3.63) is 23.8 Å². The number of hydrogen-bond donors (Lipinski definition) is 1. The summed E-state index contributed by atoms with van der Waals surface area (Å²) in [6.45, 7) is 13.9. The van der Waals surface area contributed by atoms with E-state index in [0.29, 0.717) is 18.4 Å². The number of hydrogen-bond acceptors (Lipinski definition) is 11. The molecule has 1 aromatic carbocycles. The lowest BCUT2D eigenvalue weighted by Crippen LogP contribution is -2.53. The van der Waals surface area contributed by atoms with Crippen LogP contribution in [0, 0.1) is 0 Å². The molecule has 1 aromatic rings. The smallest absolute Gasteiger partial charge is 0.468 e. The van der Waals surface area contributed by atoms with Crippen LogP contribution in [-0.2, 0) is 35.0 Å². The predicted octanol–water partition coefficient (Wildman–Crippen LogP) is 5.24. The molecule has 0 aliphatic heterocycles. The minimum Gasteiger partial charge on any atom is -0.468 e. The van der Waals surface area contributed by atoms with Gasteiger partial charge in [-0.2, -0.15) is 0 Å². The van der Waals surface area contributed by atoms with Crippen LogP contribution in [0.5, 0.6) is 11.5 Å². The standard InChI is InChI=1S/C28H43NO10/c1-10-22(30)35-18(4)16-28(29,23(31)34-9)17-19-13-14-20(36-24(32)38-26(5,6)11-2)21(15-19)37-25(33)39-27(7,8)12-3/h13-15,18H,10-12,16-17,29H2,1-9H3/t18?,28-/m1/s1. The van der Waals surface area contributed by atoms with Crippen LogP contribution < -0.4 is 15.2 Å². The van der Waals surface area contributed by atoms with Crippen molar-refractivity contribution in [2.75, 3.05) is 7.11 Å². The van der Waals surface area contributed by atoms with Crippen LogP contribution in [0.3, 0.4) is 0 Å². The lowest BCUT2D eigenvalue weighted by atomic mass is 9.86. The van der Waals surface area contributed by atoms with E-state index in [-0.39, 0.29) is 30.8 Å². The summed E-state index contributed by atoms with van der Waals surface area (Å²) in [6.07, 6.45) is -1.55. The van der Waals surface area contributed by atoms with Crippen LogP contribution in [0.4, 0.5) is 9.59 Å². The third-order valence-electron chi connectivity index (χ3n) is 6.20. The molecule has 0 bridgehead atoms. The van der Waals surface area contributed by atoms with E-state index in [1.165, 1.54) is 19.2 Å². The number of nitrogens with two attached hydrogens (primary N) is 1. The van der Waals surface area contributed by atoms with Crippen LogP contribution in [-0.4, -0.2) is 54.2 Å². The van der Waals surface area contributed by atoms with E-state index < -0.39 is 47.1 Å². The summed E-state index contributed by atoms with van der Waals surface area (Å²) in [5, 5.41) is 0. The van der Waals surface area contributed by atoms with Crippen LogP contribution >= 0.6 is 0 Å². The lowest BCUT2D eigenvalue weighted by Gasteiger charge is -2.29. The molecule has 11 heteroatoms. The molecular formula is C28H43NO10. The third-order valence-corrected chi connectivity index (χ3v) is 6.20. The summed E-state index contributed by atoms with van der Waals surface area (Å²) >= 11 is 0. The minimum absolute atomic E-state index is 0.0367. The van der Waals surface area contributed by atoms with Gasteiger partial charge in [0.25, 0.3) is 0 Å². The molecule has 220 valence electrons. The van der Waals surface area contributed by atoms with E-state index in [4.69, 9.17) is 34.2 Å². The first-order valence-corrected chi connectivity index (χ1v) is 13.0. The van der Waals surface area contributed by atoms with Crippen molar-refractivity contribution in [1.29, 1.82) is 0 Å². The van der Waals surface area contributed by atoms with E-state index in [1.54, 1.807) is 47.6 Å². The van der Waals surface area contributed by atoms with Gasteiger partial charge in [-0.3, -0.25) is 9.59 Å². The highest BCUT2D eigenvalue weighted by molar-refractivity contribution is 5.81. The molecular weight excluding hydrogens is 510 g/mol. The van der Waals surface area contributed by atoms with Crippen LogP contribution in [0.2, 0.25) is 0 Å². The maximum atomic E-state index is 12.7. The third kappa shape index (κ3) is 11.1. The fourth-order valence-corrected chi connectivity index (χ4v) is 3.30. The van der Waals surface area contributed by atoms with Crippen molar-refractivity contribution in [3.8, 4) is 11.5 Å². The van der Waals surface area contributed by atoms with Gasteiger partial charge in [0.05, 0.1) is 7.11 Å². The molecule has 2 atom stereocenters. The van der Waals surface area contributed by atoms with Crippen LogP contribution in [0.25, 0.3) is 0 Å². The molecule has 0 aromatic heterocycles. The van der Waals surface area contributed by atoms with Crippen molar-refractivity contribution < 1.29 is 47.6 Å². The van der Waals surface area contributed by atoms with Crippen molar-refractivity contribution in [1.82, 2.24) is 0 Å². The van der Waals surface area contributed by atoms with E-state index >= 15 is 0 Å². The van der Waals surface area contributed by atoms with Crippen molar-refractivity contribution in [2.24, 2.45) is 5.73 Å². The molecule has 11 nitrogen and oxygen atoms in total. The molecule has 0 saturated heterocycles. The zero-order chi connectivity index (χ0) is 30.0. The topological polar surface area (TPSA) is 150 Å². The Labute approximate surface area is 230 Å². The molecule has 0 radical (unpaired) electrons. The SMILES string of the molecule is CCC(=O)OC(C)C[C@@](N)(Cc1ccc(OC(=O)OC(C)(C)CC)c(OC(=O)OC(C)(C)CC)c1)C(=O)OC. The lowest BCUT2D eigenvalue weighted by molar-refractivity contribution is -0.154. The molecule has 2 N–H and O–H groups in total. The van der Waals surface area contributed by atoms with Gasteiger partial charge >= 0.3 is 24.2 Å². The molecule has 0 aliphatic carbocycles. The van der Waals surface area contributed by atoms with Gasteiger partial charge in [0.15, 0.2) is 11.5 Å². The molecule has 39 heavy (non-hydrogen) atoms. The summed E-state index contributed by atoms with van der Waals surface area (Å²) in [5.74, 6) is -1.40. The van der Waals surface area contributed by atoms with Gasteiger partial charge in [-0.15, -0.1) is 0 Å². The second kappa shape index (κ2) is 14.2. The maximum absolute atomic E-state index is 12.7. The van der Waals surface area contributed by atoms with Crippen molar-refractivity contribution >= 4 is 24.2 Å². The fourth-order valence-electron chi connectivity index (χ4n) is 3.30. The number of carbonyl (C=O) groups is 4. The zero-order valence-corrected chi connectivity index (χ0v) is 24.5. The van der Waals surface area contributed by atoms with Gasteiger partial charge in [-0.25, -0.2) is 9.59 Å². The Morgan fingerprint density at radius 2 is 1.38 bits per heavy atom. The summed E-state index contributed by atoms with van der Waals surface area (Å²) < 4.78 is 31.7. The average molecular weight is 554 g/mol. The zero-order valence-electron chi connectivity index (χ0n) is 24.5. The largest absolute Gasteiger partial charge is 0.514 e. The first-order valence-electron chi connectivity index (χ1n) is 13.0. The van der Waals surface area contributed by atoms with E-state index in [2.05, 4.69) is 0 Å². The highest BCUT2D eigenvalue weighted by atomic mass is 16.8. The van der Waals surface area contributed by atoms with E-state index in [0.717, 1.165) is 0 Å². The molecule has 0 saturated carbocycles. The number of ether oxygens (including phenoxy) is 6. The number of methoxy groups -OCH3 is 1. The van der Waals surface area contributed by atoms with Gasteiger partial charge in [0, 0.05) is 19.3 Å². The monoisotopic (exact) mass is 553 g/mol. The Morgan fingerprint density at radius 1 is 0.872 bits per heavy atom. The van der Waals surface area contributed by atoms with Gasteiger partial charge in [0.2, 0.25) is 0 Å². The van der Waals surface area contributed by atoms with Gasteiger partial charge in [-0.05, 0) is 65.2 Å². The highest BCUT2D eigenvalue weighted by Gasteiger charge is 2.38. The Bertz CT molecular complexity index is 1020. The summed E-state index contributed by atoms with van der Waals surface area (Å²) in [4.78, 5) is 49.4. The number of rotatable bonds is 13. The second-order valence-corrected chi connectivity index (χ2v) is 10.6. The summed E-state index contributed by atoms with van der Waals surface area (Å²) in [7, 11) is 1.20. The van der Waals surface area contributed by atoms with Crippen molar-refractivity contribution in [2.45, 2.75) is 110 Å². The number of carbonyl (C=O) groups excluding carboxylic acids is 4. The first-order chi connectivity index (χ1) is 18.0. The average Bonchev–Trinajstić information content (AvgIpc) is 2.83. The maximum Gasteiger partial charge on any atom is 0.514 e. The Balaban J connectivity index is 3.35. The summed E-state index contributed by atoms with van der Waals surface area (Å²) in [5.41, 5.74) is 3.74. The second-order valence-electron chi connectivity index (χ2n) is 10.6. The Morgan fingerprint density at radius 3 is 1.85 bits per heavy atom. The molecule has 0 spiro atoms. The molecule has 1 rings (SSSR count). The molecule has 0 aliphatic rings. The van der Waals surface area contributed by atoms with Crippen LogP contribution in [0.15, 0.2) is 18.2 Å². The number of benzene rings is 1. The van der Waals surface area contributed by atoms with Gasteiger partial charge < -0.3 is 34.2 Å². The molecule has 0 fully saturated rings. The summed E-state index contributed by atoms with van der Waals surface area (Å²) in [6, 6.07) is 4.34. The Hall–Kier alpha value is -3.34. The Kier molecular flexibility index (Phi) is 12.2. The quantitative estimate of drug-likeness (QED) is 0.194. The van der Waals surface area contributed by atoms with Crippen molar-refractivity contribution in [3.63, 3.8) is 0 Å². The van der Waals surface area contributed by atoms with Gasteiger partial charge in [-0.1, -0.05) is 26.8 Å². The fraction of sp³-hybridized carbons (Fsp3) is 0.643. The predicted molar refractivity (Wildman–Crippen MR) is 143 cm³/mol. The van der Waals surface area contributed by atoms with Gasteiger partial charge in [0.1, 0.15) is 22.8 Å². The molecule has 0 heterocycles. The van der Waals surface area contributed by atoms with E-state index in [9.17, 15) is 19.2 Å². The normalized spacial score (nSPS) is 13.9. The first kappa shape index (κ1) is 33.7. The molecule has 1 unspecified atom stereocenters. The number of esters is 2. The van der Waals surface area contributed by atoms with Crippen LogP contribution in [0.1, 0.15) is 86.6 Å².